The molecule has 1 aromatic heterocycles. The Labute approximate surface area is 128 Å². The van der Waals surface area contributed by atoms with Crippen LogP contribution >= 0.6 is 11.6 Å². The summed E-state index contributed by atoms with van der Waals surface area (Å²) in [5.41, 5.74) is 1.34. The van der Waals surface area contributed by atoms with Gasteiger partial charge in [0.25, 0.3) is 5.91 Å². The van der Waals surface area contributed by atoms with E-state index in [9.17, 15) is 4.79 Å². The summed E-state index contributed by atoms with van der Waals surface area (Å²) in [4.78, 5) is 17.5. The summed E-state index contributed by atoms with van der Waals surface area (Å²) in [6.07, 6.45) is 0. The maximum absolute atomic E-state index is 12.1. The van der Waals surface area contributed by atoms with Crippen molar-refractivity contribution in [2.45, 2.75) is 0 Å². The highest BCUT2D eigenvalue weighted by Crippen LogP contribution is 2.23. The summed E-state index contributed by atoms with van der Waals surface area (Å²) in [7, 11) is 0. The highest BCUT2D eigenvalue weighted by molar-refractivity contribution is 6.35. The van der Waals surface area contributed by atoms with Crippen molar-refractivity contribution >= 4 is 28.4 Å². The Hall–Kier alpha value is -1.56. The summed E-state index contributed by atoms with van der Waals surface area (Å²) in [6.45, 7) is 4.87. The zero-order chi connectivity index (χ0) is 14.7. The predicted octanol–water partition coefficient (Wildman–Crippen LogP) is 1.88. The van der Waals surface area contributed by atoms with Gasteiger partial charge in [-0.15, -0.1) is 0 Å². The number of aromatic amines is 1. The first-order valence-corrected chi connectivity index (χ1v) is 7.47. The number of hydrogen-bond donors (Lipinski definition) is 2. The number of benzene rings is 1. The topological polar surface area (TPSA) is 57.4 Å². The van der Waals surface area contributed by atoms with Crippen LogP contribution in [0.1, 0.15) is 10.5 Å². The number of carbonyl (C=O) groups is 1. The first-order chi connectivity index (χ1) is 10.2. The van der Waals surface area contributed by atoms with Gasteiger partial charge in [-0.25, -0.2) is 0 Å². The van der Waals surface area contributed by atoms with Gasteiger partial charge in [-0.1, -0.05) is 23.7 Å². The van der Waals surface area contributed by atoms with Crippen LogP contribution in [0.3, 0.4) is 0 Å². The summed E-state index contributed by atoms with van der Waals surface area (Å²) in [5.74, 6) is -0.101. The van der Waals surface area contributed by atoms with Gasteiger partial charge in [0.05, 0.1) is 23.8 Å². The fourth-order valence-corrected chi connectivity index (χ4v) is 2.72. The lowest BCUT2D eigenvalue weighted by molar-refractivity contribution is 0.0383. The Morgan fingerprint density at radius 3 is 2.95 bits per heavy atom. The Morgan fingerprint density at radius 1 is 1.38 bits per heavy atom. The molecule has 1 fully saturated rings. The smallest absolute Gasteiger partial charge is 0.267 e. The lowest BCUT2D eigenvalue weighted by atomic mass is 10.2. The normalized spacial score (nSPS) is 16.2. The van der Waals surface area contributed by atoms with Crippen LogP contribution in [-0.4, -0.2) is 55.2 Å². The average molecular weight is 308 g/mol. The van der Waals surface area contributed by atoms with E-state index >= 15 is 0 Å². The molecular weight excluding hydrogens is 290 g/mol. The van der Waals surface area contributed by atoms with Crippen LogP contribution in [0.15, 0.2) is 24.3 Å². The second kappa shape index (κ2) is 6.47. The molecule has 0 bridgehead atoms. The molecule has 0 aliphatic carbocycles. The Morgan fingerprint density at radius 2 is 2.19 bits per heavy atom. The number of aromatic nitrogens is 1. The second-order valence-electron chi connectivity index (χ2n) is 5.10. The third-order valence-electron chi connectivity index (χ3n) is 3.67. The maximum Gasteiger partial charge on any atom is 0.267 e. The number of H-pyrrole nitrogens is 1. The molecule has 2 N–H and O–H groups in total. The maximum atomic E-state index is 12.1. The van der Waals surface area contributed by atoms with Crippen LogP contribution in [0.5, 0.6) is 0 Å². The number of carbonyl (C=O) groups excluding carboxylic acids is 1. The number of ether oxygens (including phenoxy) is 1. The average Bonchev–Trinajstić information content (AvgIpc) is 2.94. The fourth-order valence-electron chi connectivity index (χ4n) is 2.49. The molecule has 1 aromatic carbocycles. The number of fused-ring (bicyclic) bond motifs is 1. The molecule has 2 heterocycles. The van der Waals surface area contributed by atoms with Crippen LogP contribution in [0, 0.1) is 0 Å². The van der Waals surface area contributed by atoms with Crippen LogP contribution in [0.2, 0.25) is 5.02 Å². The van der Waals surface area contributed by atoms with Crippen LogP contribution in [0.25, 0.3) is 10.9 Å². The van der Waals surface area contributed by atoms with Gasteiger partial charge >= 0.3 is 0 Å². The van der Waals surface area contributed by atoms with E-state index < -0.39 is 0 Å². The van der Waals surface area contributed by atoms with E-state index in [4.69, 9.17) is 16.3 Å². The molecule has 3 rings (SSSR count). The van der Waals surface area contributed by atoms with E-state index in [1.807, 2.05) is 18.2 Å². The van der Waals surface area contributed by atoms with Crippen LogP contribution in [-0.2, 0) is 4.74 Å². The second-order valence-corrected chi connectivity index (χ2v) is 5.50. The number of rotatable bonds is 4. The molecule has 112 valence electrons. The molecule has 1 aliphatic heterocycles. The number of nitrogens with one attached hydrogen (secondary N) is 2. The van der Waals surface area contributed by atoms with Crippen LogP contribution < -0.4 is 5.32 Å². The zero-order valence-electron chi connectivity index (χ0n) is 11.7. The van der Waals surface area contributed by atoms with Crippen molar-refractivity contribution in [3.63, 3.8) is 0 Å². The van der Waals surface area contributed by atoms with E-state index in [-0.39, 0.29) is 5.91 Å². The third kappa shape index (κ3) is 3.37. The zero-order valence-corrected chi connectivity index (χ0v) is 12.4. The van der Waals surface area contributed by atoms with Crippen molar-refractivity contribution < 1.29 is 9.53 Å². The largest absolute Gasteiger partial charge is 0.379 e. The standard InChI is InChI=1S/C15H18ClN3O2/c16-12-3-1-2-11-10-13(18-14(11)12)15(20)17-4-5-19-6-8-21-9-7-19/h1-3,10,18H,4-9H2,(H,17,20). The first kappa shape index (κ1) is 14.4. The van der Waals surface area contributed by atoms with Crippen molar-refractivity contribution in [2.75, 3.05) is 39.4 Å². The highest BCUT2D eigenvalue weighted by Gasteiger charge is 2.13. The summed E-state index contributed by atoms with van der Waals surface area (Å²) in [6, 6.07) is 7.44. The summed E-state index contributed by atoms with van der Waals surface area (Å²) < 4.78 is 5.29. The van der Waals surface area contributed by atoms with Gasteiger partial charge in [-0.3, -0.25) is 9.69 Å². The van der Waals surface area contributed by atoms with Crippen molar-refractivity contribution in [3.05, 3.63) is 35.0 Å². The van der Waals surface area contributed by atoms with Gasteiger partial charge in [0.1, 0.15) is 5.69 Å². The predicted molar refractivity (Wildman–Crippen MR) is 82.9 cm³/mol. The minimum atomic E-state index is -0.101. The van der Waals surface area contributed by atoms with Crippen molar-refractivity contribution in [3.8, 4) is 0 Å². The molecular formula is C15H18ClN3O2. The Kier molecular flexibility index (Phi) is 4.43. The Bertz CT molecular complexity index is 635. The highest BCUT2D eigenvalue weighted by atomic mass is 35.5. The van der Waals surface area contributed by atoms with Gasteiger partial charge in [-0.2, -0.15) is 0 Å². The van der Waals surface area contributed by atoms with Crippen LogP contribution in [0.4, 0.5) is 0 Å². The Balaban J connectivity index is 1.57. The molecule has 1 saturated heterocycles. The number of nitrogens with zero attached hydrogens (tertiary/aromatic N) is 1. The molecule has 21 heavy (non-hydrogen) atoms. The molecule has 1 aliphatic rings. The third-order valence-corrected chi connectivity index (χ3v) is 3.98. The lowest BCUT2D eigenvalue weighted by Gasteiger charge is -2.26. The number of morpholine rings is 1. The number of para-hydroxylation sites is 1. The summed E-state index contributed by atoms with van der Waals surface area (Å²) >= 11 is 6.10. The van der Waals surface area contributed by atoms with Crippen molar-refractivity contribution in [1.29, 1.82) is 0 Å². The van der Waals surface area contributed by atoms with E-state index in [1.54, 1.807) is 6.07 Å². The molecule has 0 radical (unpaired) electrons. The monoisotopic (exact) mass is 307 g/mol. The molecule has 6 heteroatoms. The van der Waals surface area contributed by atoms with E-state index in [1.165, 1.54) is 0 Å². The fraction of sp³-hybridized carbons (Fsp3) is 0.400. The molecule has 0 atom stereocenters. The number of halogens is 1. The summed E-state index contributed by atoms with van der Waals surface area (Å²) in [5, 5.41) is 4.50. The van der Waals surface area contributed by atoms with Gasteiger partial charge in [0.2, 0.25) is 0 Å². The quantitative estimate of drug-likeness (QED) is 0.907. The molecule has 2 aromatic rings. The SMILES string of the molecule is O=C(NCCN1CCOCC1)c1cc2cccc(Cl)c2[nH]1. The van der Waals surface area contributed by atoms with Gasteiger partial charge in [0, 0.05) is 31.6 Å². The molecule has 5 nitrogen and oxygen atoms in total. The van der Waals surface area contributed by atoms with Crippen molar-refractivity contribution in [2.24, 2.45) is 0 Å². The van der Waals surface area contributed by atoms with E-state index in [0.29, 0.717) is 17.3 Å². The van der Waals surface area contributed by atoms with Gasteiger partial charge in [0.15, 0.2) is 0 Å². The molecule has 0 saturated carbocycles. The minimum Gasteiger partial charge on any atom is -0.379 e. The molecule has 0 spiro atoms. The van der Waals surface area contributed by atoms with Gasteiger partial charge < -0.3 is 15.0 Å². The lowest BCUT2D eigenvalue weighted by Crippen LogP contribution is -2.41. The number of hydrogen-bond acceptors (Lipinski definition) is 3. The van der Waals surface area contributed by atoms with Crippen molar-refractivity contribution in [1.82, 2.24) is 15.2 Å². The van der Waals surface area contributed by atoms with E-state index in [2.05, 4.69) is 15.2 Å². The molecule has 0 unspecified atom stereocenters. The molecule has 1 amide bonds. The number of amides is 1. The first-order valence-electron chi connectivity index (χ1n) is 7.09. The van der Waals surface area contributed by atoms with Gasteiger partial charge in [-0.05, 0) is 12.1 Å². The minimum absolute atomic E-state index is 0.101. The van der Waals surface area contributed by atoms with E-state index in [0.717, 1.165) is 43.8 Å².